The van der Waals surface area contributed by atoms with Crippen molar-refractivity contribution < 1.29 is 9.53 Å². The Labute approximate surface area is 133 Å². The lowest BCUT2D eigenvalue weighted by Gasteiger charge is -2.13. The third kappa shape index (κ3) is 4.11. The minimum absolute atomic E-state index is 0.328. The van der Waals surface area contributed by atoms with Crippen LogP contribution in [0.25, 0.3) is 0 Å². The molecule has 1 aromatic carbocycles. The minimum atomic E-state index is -0.328. The summed E-state index contributed by atoms with van der Waals surface area (Å²) in [5.41, 5.74) is 0.533. The Morgan fingerprint density at radius 2 is 2.27 bits per heavy atom. The Kier molecular flexibility index (Phi) is 5.60. The molecule has 7 nitrogen and oxygen atoms in total. The highest BCUT2D eigenvalue weighted by Gasteiger charge is 2.11. The number of benzene rings is 1. The fourth-order valence-corrected chi connectivity index (χ4v) is 2.13. The number of anilines is 1. The van der Waals surface area contributed by atoms with Crippen molar-refractivity contribution in [1.29, 1.82) is 0 Å². The lowest BCUT2D eigenvalue weighted by molar-refractivity contribution is 0.252. The van der Waals surface area contributed by atoms with Gasteiger partial charge in [-0.15, -0.1) is 0 Å². The lowest BCUT2D eigenvalue weighted by Crippen LogP contribution is -2.31. The van der Waals surface area contributed by atoms with Crippen molar-refractivity contribution in [3.8, 4) is 5.75 Å². The molecule has 0 bridgehead atoms. The molecule has 0 atom stereocenters. The summed E-state index contributed by atoms with van der Waals surface area (Å²) >= 11 is 6.07. The highest BCUT2D eigenvalue weighted by atomic mass is 35.5. The van der Waals surface area contributed by atoms with E-state index in [-0.39, 0.29) is 6.03 Å². The number of hydrogen-bond donors (Lipinski definition) is 2. The van der Waals surface area contributed by atoms with Gasteiger partial charge in [-0.1, -0.05) is 17.7 Å². The van der Waals surface area contributed by atoms with Gasteiger partial charge < -0.3 is 15.4 Å². The highest BCUT2D eigenvalue weighted by Crippen LogP contribution is 2.32. The van der Waals surface area contributed by atoms with Crippen LogP contribution in [0.2, 0.25) is 5.02 Å². The molecule has 0 aliphatic carbocycles. The molecule has 2 aromatic rings. The second-order valence-electron chi connectivity index (χ2n) is 4.48. The molecule has 2 rings (SSSR count). The van der Waals surface area contributed by atoms with Crippen LogP contribution in [0.1, 0.15) is 12.7 Å². The van der Waals surface area contributed by atoms with Gasteiger partial charge in [0.15, 0.2) is 5.75 Å². The Bertz CT molecular complexity index is 644. The zero-order valence-corrected chi connectivity index (χ0v) is 13.2. The normalized spacial score (nSPS) is 10.3. The lowest BCUT2D eigenvalue weighted by atomic mass is 10.3. The molecule has 22 heavy (non-hydrogen) atoms. The molecule has 0 saturated heterocycles. The molecular weight excluding hydrogens is 306 g/mol. The van der Waals surface area contributed by atoms with Gasteiger partial charge in [-0.2, -0.15) is 5.10 Å². The Morgan fingerprint density at radius 3 is 2.95 bits per heavy atom. The molecule has 0 aliphatic rings. The summed E-state index contributed by atoms with van der Waals surface area (Å²) in [7, 11) is 1.81. The van der Waals surface area contributed by atoms with Gasteiger partial charge in [0.1, 0.15) is 12.2 Å². The van der Waals surface area contributed by atoms with Gasteiger partial charge in [0.05, 0.1) is 17.3 Å². The second-order valence-corrected chi connectivity index (χ2v) is 4.89. The molecule has 0 aliphatic heterocycles. The third-order valence-corrected chi connectivity index (χ3v) is 3.24. The summed E-state index contributed by atoms with van der Waals surface area (Å²) in [6.45, 7) is 2.77. The maximum Gasteiger partial charge on any atom is 0.319 e. The zero-order chi connectivity index (χ0) is 15.9. The fourth-order valence-electron chi connectivity index (χ4n) is 1.90. The van der Waals surface area contributed by atoms with Crippen LogP contribution in [-0.4, -0.2) is 33.9 Å². The van der Waals surface area contributed by atoms with Gasteiger partial charge in [0, 0.05) is 20.0 Å². The smallest absolute Gasteiger partial charge is 0.319 e. The van der Waals surface area contributed by atoms with E-state index < -0.39 is 0 Å². The van der Waals surface area contributed by atoms with E-state index in [4.69, 9.17) is 16.3 Å². The van der Waals surface area contributed by atoms with E-state index >= 15 is 0 Å². The van der Waals surface area contributed by atoms with Crippen molar-refractivity contribution in [2.45, 2.75) is 13.3 Å². The standard InChI is InChI=1S/C14H18ClN5O2/c1-3-22-13-10(15)5-4-6-11(13)19-14(21)16-8-7-12-17-9-18-20(12)2/h4-6,9H,3,7-8H2,1-2H3,(H2,16,19,21). The van der Waals surface area contributed by atoms with Crippen LogP contribution in [0.15, 0.2) is 24.5 Å². The first-order valence-electron chi connectivity index (χ1n) is 6.90. The van der Waals surface area contributed by atoms with Crippen molar-refractivity contribution in [2.24, 2.45) is 7.05 Å². The first kappa shape index (κ1) is 16.1. The number of amides is 2. The van der Waals surface area contributed by atoms with Gasteiger partial charge in [0.25, 0.3) is 0 Å². The van der Waals surface area contributed by atoms with Crippen LogP contribution >= 0.6 is 11.6 Å². The number of urea groups is 1. The minimum Gasteiger partial charge on any atom is -0.490 e. The van der Waals surface area contributed by atoms with Crippen LogP contribution in [0.3, 0.4) is 0 Å². The predicted molar refractivity (Wildman–Crippen MR) is 84.3 cm³/mol. The SMILES string of the molecule is CCOc1c(Cl)cccc1NC(=O)NCCc1ncnn1C. The fraction of sp³-hybridized carbons (Fsp3) is 0.357. The number of para-hydroxylation sites is 1. The van der Waals surface area contributed by atoms with E-state index in [2.05, 4.69) is 20.7 Å². The van der Waals surface area contributed by atoms with Gasteiger partial charge in [0.2, 0.25) is 0 Å². The number of halogens is 1. The van der Waals surface area contributed by atoms with Gasteiger partial charge in [-0.25, -0.2) is 9.78 Å². The van der Waals surface area contributed by atoms with Crippen LogP contribution in [-0.2, 0) is 13.5 Å². The van der Waals surface area contributed by atoms with E-state index in [0.717, 1.165) is 5.82 Å². The first-order valence-corrected chi connectivity index (χ1v) is 7.28. The largest absolute Gasteiger partial charge is 0.490 e. The quantitative estimate of drug-likeness (QED) is 0.854. The number of hydrogen-bond acceptors (Lipinski definition) is 4. The number of carbonyl (C=O) groups excluding carboxylic acids is 1. The van der Waals surface area contributed by atoms with Crippen molar-refractivity contribution in [3.05, 3.63) is 35.4 Å². The van der Waals surface area contributed by atoms with Crippen molar-refractivity contribution in [2.75, 3.05) is 18.5 Å². The number of nitrogens with one attached hydrogen (secondary N) is 2. The molecule has 2 N–H and O–H groups in total. The molecule has 2 amide bonds. The molecular formula is C14H18ClN5O2. The van der Waals surface area contributed by atoms with Crippen LogP contribution in [0.4, 0.5) is 10.5 Å². The Hall–Kier alpha value is -2.28. The van der Waals surface area contributed by atoms with Crippen molar-refractivity contribution in [3.63, 3.8) is 0 Å². The van der Waals surface area contributed by atoms with Gasteiger partial charge in [-0.3, -0.25) is 4.68 Å². The molecule has 0 spiro atoms. The van der Waals surface area contributed by atoms with Crippen LogP contribution in [0.5, 0.6) is 5.75 Å². The summed E-state index contributed by atoms with van der Waals surface area (Å²) in [6, 6.07) is 4.87. The summed E-state index contributed by atoms with van der Waals surface area (Å²) in [5.74, 6) is 1.27. The van der Waals surface area contributed by atoms with E-state index in [1.807, 2.05) is 14.0 Å². The highest BCUT2D eigenvalue weighted by molar-refractivity contribution is 6.32. The summed E-state index contributed by atoms with van der Waals surface area (Å²) in [4.78, 5) is 16.0. The number of aromatic nitrogens is 3. The zero-order valence-electron chi connectivity index (χ0n) is 12.5. The van der Waals surface area contributed by atoms with Gasteiger partial charge in [-0.05, 0) is 19.1 Å². The number of ether oxygens (including phenoxy) is 1. The van der Waals surface area contributed by atoms with Crippen LogP contribution < -0.4 is 15.4 Å². The maximum absolute atomic E-state index is 11.9. The maximum atomic E-state index is 11.9. The molecule has 0 saturated carbocycles. The van der Waals surface area contributed by atoms with Crippen molar-refractivity contribution >= 4 is 23.3 Å². The molecule has 8 heteroatoms. The molecule has 0 unspecified atom stereocenters. The second kappa shape index (κ2) is 7.65. The third-order valence-electron chi connectivity index (χ3n) is 2.94. The molecule has 1 aromatic heterocycles. The number of nitrogens with zero attached hydrogens (tertiary/aromatic N) is 3. The summed E-state index contributed by atoms with van der Waals surface area (Å²) in [5, 5.41) is 9.91. The number of rotatable bonds is 6. The van der Waals surface area contributed by atoms with E-state index in [9.17, 15) is 4.79 Å². The summed E-state index contributed by atoms with van der Waals surface area (Å²) < 4.78 is 7.12. The van der Waals surface area contributed by atoms with E-state index in [1.165, 1.54) is 6.33 Å². The monoisotopic (exact) mass is 323 g/mol. The van der Waals surface area contributed by atoms with E-state index in [1.54, 1.807) is 22.9 Å². The van der Waals surface area contributed by atoms with E-state index in [0.29, 0.717) is 36.0 Å². The summed E-state index contributed by atoms with van der Waals surface area (Å²) in [6.07, 6.45) is 2.08. The predicted octanol–water partition coefficient (Wildman–Crippen LogP) is 2.23. The Balaban J connectivity index is 1.89. The average Bonchev–Trinajstić information content (AvgIpc) is 2.88. The molecule has 1 heterocycles. The number of carbonyl (C=O) groups is 1. The average molecular weight is 324 g/mol. The number of aryl methyl sites for hydroxylation is 1. The molecule has 0 fully saturated rings. The Morgan fingerprint density at radius 1 is 1.45 bits per heavy atom. The first-order chi connectivity index (χ1) is 10.6. The van der Waals surface area contributed by atoms with Crippen LogP contribution in [0, 0.1) is 0 Å². The van der Waals surface area contributed by atoms with Crippen molar-refractivity contribution in [1.82, 2.24) is 20.1 Å². The molecule has 0 radical (unpaired) electrons. The van der Waals surface area contributed by atoms with Gasteiger partial charge >= 0.3 is 6.03 Å². The topological polar surface area (TPSA) is 81.1 Å². The molecule has 118 valence electrons.